The van der Waals surface area contributed by atoms with Gasteiger partial charge in [0.05, 0.1) is 18.6 Å². The number of ether oxygens (including phenoxy) is 1. The molecule has 0 spiro atoms. The summed E-state index contributed by atoms with van der Waals surface area (Å²) in [6, 6.07) is 13.1. The number of methoxy groups -OCH3 is 1. The van der Waals surface area contributed by atoms with Crippen LogP contribution in [-0.4, -0.2) is 37.9 Å². The van der Waals surface area contributed by atoms with Crippen molar-refractivity contribution < 1.29 is 9.53 Å². The molecule has 0 saturated heterocycles. The molecule has 4 rings (SSSR count). The van der Waals surface area contributed by atoms with Crippen molar-refractivity contribution in [2.75, 3.05) is 18.2 Å². The average Bonchev–Trinajstić information content (AvgIpc) is 3.16. The Hall–Kier alpha value is -3.59. The van der Waals surface area contributed by atoms with Crippen LogP contribution in [0.25, 0.3) is 11.3 Å². The Balaban J connectivity index is 1.54. The summed E-state index contributed by atoms with van der Waals surface area (Å²) in [6.45, 7) is 3.97. The number of carbonyl (C=O) groups excluding carboxylic acids is 1. The molecule has 1 amide bonds. The first kappa shape index (κ1) is 20.7. The van der Waals surface area contributed by atoms with Crippen molar-refractivity contribution in [2.45, 2.75) is 19.0 Å². The van der Waals surface area contributed by atoms with E-state index in [2.05, 4.69) is 15.5 Å². The molecule has 8 nitrogen and oxygen atoms in total. The minimum Gasteiger partial charge on any atom is -0.495 e. The maximum Gasteiger partial charge on any atom is 0.300 e. The third-order valence-electron chi connectivity index (χ3n) is 4.62. The molecule has 2 heterocycles. The van der Waals surface area contributed by atoms with Gasteiger partial charge in [0, 0.05) is 18.1 Å². The number of hydrogen-bond donors (Lipinski definition) is 1. The van der Waals surface area contributed by atoms with Gasteiger partial charge in [-0.3, -0.25) is 18.6 Å². The van der Waals surface area contributed by atoms with Gasteiger partial charge in [-0.05, 0) is 49.2 Å². The molecule has 0 atom stereocenters. The summed E-state index contributed by atoms with van der Waals surface area (Å²) in [5.74, 6) is 0.559. The van der Waals surface area contributed by atoms with E-state index in [1.165, 1.54) is 16.3 Å². The SMILES string of the molecule is COc1ccccc1-n1ccn2c(SCC(=O)Nc3cc(C)cc(C)c3)nnc2c1=O. The number of hydrogen-bond acceptors (Lipinski definition) is 6. The van der Waals surface area contributed by atoms with E-state index >= 15 is 0 Å². The molecule has 0 aliphatic heterocycles. The van der Waals surface area contributed by atoms with E-state index in [0.29, 0.717) is 16.6 Å². The summed E-state index contributed by atoms with van der Waals surface area (Å²) >= 11 is 1.21. The minimum atomic E-state index is -0.328. The molecule has 158 valence electrons. The number of benzene rings is 2. The average molecular weight is 436 g/mol. The fraction of sp³-hybridized carbons (Fsp3) is 0.182. The maximum absolute atomic E-state index is 12.9. The van der Waals surface area contributed by atoms with Crippen molar-refractivity contribution >= 4 is 29.0 Å². The molecule has 9 heteroatoms. The van der Waals surface area contributed by atoms with Gasteiger partial charge in [-0.25, -0.2) is 0 Å². The molecule has 0 radical (unpaired) electrons. The van der Waals surface area contributed by atoms with Crippen LogP contribution >= 0.6 is 11.8 Å². The Morgan fingerprint density at radius 1 is 1.10 bits per heavy atom. The molecule has 0 aliphatic rings. The van der Waals surface area contributed by atoms with Crippen LogP contribution in [0.15, 0.2) is 64.8 Å². The van der Waals surface area contributed by atoms with Crippen LogP contribution in [0.3, 0.4) is 0 Å². The molecule has 0 aliphatic carbocycles. The third kappa shape index (κ3) is 4.31. The van der Waals surface area contributed by atoms with E-state index < -0.39 is 0 Å². The van der Waals surface area contributed by atoms with E-state index in [-0.39, 0.29) is 22.9 Å². The number of amides is 1. The van der Waals surface area contributed by atoms with Crippen molar-refractivity contribution in [3.05, 3.63) is 76.3 Å². The Labute approximate surface area is 182 Å². The van der Waals surface area contributed by atoms with Crippen molar-refractivity contribution in [2.24, 2.45) is 0 Å². The van der Waals surface area contributed by atoms with Gasteiger partial charge in [-0.15, -0.1) is 10.2 Å². The molecule has 0 unspecified atom stereocenters. The normalized spacial score (nSPS) is 10.9. The predicted octanol–water partition coefficient (Wildman–Crippen LogP) is 3.24. The lowest BCUT2D eigenvalue weighted by molar-refractivity contribution is -0.113. The van der Waals surface area contributed by atoms with Gasteiger partial charge in [-0.2, -0.15) is 0 Å². The van der Waals surface area contributed by atoms with Gasteiger partial charge in [-0.1, -0.05) is 30.0 Å². The molecular weight excluding hydrogens is 414 g/mol. The number of aromatic nitrogens is 4. The highest BCUT2D eigenvalue weighted by Gasteiger charge is 2.15. The van der Waals surface area contributed by atoms with Gasteiger partial charge in [0.1, 0.15) is 5.75 Å². The quantitative estimate of drug-likeness (QED) is 0.468. The van der Waals surface area contributed by atoms with E-state index in [1.807, 2.05) is 44.2 Å². The number of thioether (sulfide) groups is 1. The number of aryl methyl sites for hydroxylation is 2. The van der Waals surface area contributed by atoms with Crippen LogP contribution in [0.1, 0.15) is 11.1 Å². The Kier molecular flexibility index (Phi) is 5.77. The zero-order valence-electron chi connectivity index (χ0n) is 17.3. The number of nitrogens with zero attached hydrogens (tertiary/aromatic N) is 4. The first-order chi connectivity index (χ1) is 15.0. The van der Waals surface area contributed by atoms with Crippen molar-refractivity contribution in [3.8, 4) is 11.4 Å². The van der Waals surface area contributed by atoms with Gasteiger partial charge in [0.2, 0.25) is 11.6 Å². The lowest BCUT2D eigenvalue weighted by Crippen LogP contribution is -2.20. The summed E-state index contributed by atoms with van der Waals surface area (Å²) in [5, 5.41) is 11.5. The highest BCUT2D eigenvalue weighted by Crippen LogP contribution is 2.22. The topological polar surface area (TPSA) is 90.5 Å². The van der Waals surface area contributed by atoms with Crippen LogP contribution in [0.4, 0.5) is 5.69 Å². The standard InChI is InChI=1S/C22H21N5O3S/c1-14-10-15(2)12-16(11-14)23-19(28)13-31-22-25-24-20-21(29)26(8-9-27(20)22)17-6-4-5-7-18(17)30-3/h4-12H,13H2,1-3H3,(H,23,28). The molecule has 0 fully saturated rings. The van der Waals surface area contributed by atoms with Crippen molar-refractivity contribution in [1.29, 1.82) is 0 Å². The van der Waals surface area contributed by atoms with E-state index in [9.17, 15) is 9.59 Å². The summed E-state index contributed by atoms with van der Waals surface area (Å²) in [5.41, 5.74) is 3.38. The first-order valence-corrected chi connectivity index (χ1v) is 10.6. The third-order valence-corrected chi connectivity index (χ3v) is 5.57. The molecule has 0 saturated carbocycles. The van der Waals surface area contributed by atoms with Crippen LogP contribution in [0.2, 0.25) is 0 Å². The second-order valence-electron chi connectivity index (χ2n) is 7.03. The van der Waals surface area contributed by atoms with Crippen LogP contribution in [0.5, 0.6) is 5.75 Å². The van der Waals surface area contributed by atoms with Crippen molar-refractivity contribution in [1.82, 2.24) is 19.2 Å². The lowest BCUT2D eigenvalue weighted by atomic mass is 10.1. The number of anilines is 1. The number of para-hydroxylation sites is 2. The van der Waals surface area contributed by atoms with Gasteiger partial charge >= 0.3 is 5.56 Å². The van der Waals surface area contributed by atoms with E-state index in [1.54, 1.807) is 36.0 Å². The molecule has 2 aromatic heterocycles. The summed E-state index contributed by atoms with van der Waals surface area (Å²) in [7, 11) is 1.55. The Morgan fingerprint density at radius 2 is 1.84 bits per heavy atom. The zero-order valence-corrected chi connectivity index (χ0v) is 18.1. The lowest BCUT2D eigenvalue weighted by Gasteiger charge is -2.10. The zero-order chi connectivity index (χ0) is 22.0. The Bertz CT molecular complexity index is 1310. The van der Waals surface area contributed by atoms with Crippen LogP contribution in [0, 0.1) is 13.8 Å². The number of fused-ring (bicyclic) bond motifs is 1. The van der Waals surface area contributed by atoms with Gasteiger partial charge < -0.3 is 10.1 Å². The van der Waals surface area contributed by atoms with Crippen LogP contribution in [-0.2, 0) is 4.79 Å². The van der Waals surface area contributed by atoms with Crippen LogP contribution < -0.4 is 15.6 Å². The first-order valence-electron chi connectivity index (χ1n) is 9.57. The molecule has 31 heavy (non-hydrogen) atoms. The maximum atomic E-state index is 12.9. The fourth-order valence-electron chi connectivity index (χ4n) is 3.36. The largest absolute Gasteiger partial charge is 0.495 e. The van der Waals surface area contributed by atoms with Gasteiger partial charge in [0.15, 0.2) is 5.16 Å². The number of rotatable bonds is 6. The van der Waals surface area contributed by atoms with E-state index in [4.69, 9.17) is 4.74 Å². The fourth-order valence-corrected chi connectivity index (χ4v) is 4.07. The second kappa shape index (κ2) is 8.65. The highest BCUT2D eigenvalue weighted by atomic mass is 32.2. The molecule has 4 aromatic rings. The smallest absolute Gasteiger partial charge is 0.300 e. The molecule has 2 aromatic carbocycles. The molecule has 1 N–H and O–H groups in total. The predicted molar refractivity (Wildman–Crippen MR) is 120 cm³/mol. The van der Waals surface area contributed by atoms with Crippen molar-refractivity contribution in [3.63, 3.8) is 0 Å². The summed E-state index contributed by atoms with van der Waals surface area (Å²) < 4.78 is 8.40. The second-order valence-corrected chi connectivity index (χ2v) is 7.98. The molecular formula is C22H21N5O3S. The highest BCUT2D eigenvalue weighted by molar-refractivity contribution is 7.99. The molecule has 0 bridgehead atoms. The number of nitrogens with one attached hydrogen (secondary N) is 1. The summed E-state index contributed by atoms with van der Waals surface area (Å²) in [4.78, 5) is 25.3. The minimum absolute atomic E-state index is 0.142. The summed E-state index contributed by atoms with van der Waals surface area (Å²) in [6.07, 6.45) is 3.34. The Morgan fingerprint density at radius 3 is 2.58 bits per heavy atom. The monoisotopic (exact) mass is 435 g/mol. The van der Waals surface area contributed by atoms with E-state index in [0.717, 1.165) is 16.8 Å². The van der Waals surface area contributed by atoms with Gasteiger partial charge in [0.25, 0.3) is 0 Å². The number of carbonyl (C=O) groups is 1.